The maximum atomic E-state index is 13.1. The quantitative estimate of drug-likeness (QED) is 0.880. The first-order valence-corrected chi connectivity index (χ1v) is 8.87. The van der Waals surface area contributed by atoms with Crippen LogP contribution < -0.4 is 0 Å². The number of nitrogens with zero attached hydrogens (tertiary/aromatic N) is 3. The number of furan rings is 1. The number of hydrogen-bond donors (Lipinski definition) is 1. The highest BCUT2D eigenvalue weighted by molar-refractivity contribution is 5.93. The lowest BCUT2D eigenvalue weighted by Crippen LogP contribution is -2.48. The van der Waals surface area contributed by atoms with Gasteiger partial charge in [0.25, 0.3) is 5.91 Å². The van der Waals surface area contributed by atoms with Gasteiger partial charge in [-0.15, -0.1) is 0 Å². The Bertz CT molecular complexity index is 797. The van der Waals surface area contributed by atoms with E-state index in [1.807, 2.05) is 12.1 Å². The number of hydrogen-bond acceptors (Lipinski definition) is 5. The van der Waals surface area contributed by atoms with Crippen LogP contribution >= 0.6 is 0 Å². The van der Waals surface area contributed by atoms with E-state index in [9.17, 15) is 14.7 Å². The van der Waals surface area contributed by atoms with Crippen molar-refractivity contribution < 1.29 is 19.1 Å². The molecular formula is C19H21N3O4. The SMILES string of the molecule is O=C(c1ccco1)N1Cc2cccnc2C(C(=O)N2CCC(O)CC2)C1. The second kappa shape index (κ2) is 6.92. The molecule has 136 valence electrons. The fourth-order valence-electron chi connectivity index (χ4n) is 3.69. The van der Waals surface area contributed by atoms with Crippen molar-refractivity contribution in [3.05, 3.63) is 53.7 Å². The van der Waals surface area contributed by atoms with E-state index in [1.54, 1.807) is 28.1 Å². The van der Waals surface area contributed by atoms with E-state index in [0.29, 0.717) is 32.5 Å². The minimum absolute atomic E-state index is 0.0335. The highest BCUT2D eigenvalue weighted by atomic mass is 16.3. The summed E-state index contributed by atoms with van der Waals surface area (Å²) < 4.78 is 5.23. The zero-order valence-corrected chi connectivity index (χ0v) is 14.4. The molecule has 7 nitrogen and oxygen atoms in total. The molecule has 2 aromatic rings. The molecule has 2 aliphatic heterocycles. The van der Waals surface area contributed by atoms with Crippen molar-refractivity contribution in [3.63, 3.8) is 0 Å². The number of amides is 2. The van der Waals surface area contributed by atoms with Gasteiger partial charge in [-0.05, 0) is 36.6 Å². The fraction of sp³-hybridized carbons (Fsp3) is 0.421. The number of rotatable bonds is 2. The molecule has 2 aliphatic rings. The summed E-state index contributed by atoms with van der Waals surface area (Å²) in [6.07, 6.45) is 3.98. The van der Waals surface area contributed by atoms with Crippen LogP contribution in [0.5, 0.6) is 0 Å². The number of pyridine rings is 1. The van der Waals surface area contributed by atoms with Gasteiger partial charge in [0.15, 0.2) is 5.76 Å². The lowest BCUT2D eigenvalue weighted by atomic mass is 9.92. The lowest BCUT2D eigenvalue weighted by molar-refractivity contribution is -0.135. The van der Waals surface area contributed by atoms with Gasteiger partial charge in [-0.3, -0.25) is 14.6 Å². The van der Waals surface area contributed by atoms with Crippen LogP contribution in [-0.2, 0) is 11.3 Å². The summed E-state index contributed by atoms with van der Waals surface area (Å²) in [5, 5.41) is 9.68. The first-order chi connectivity index (χ1) is 12.6. The van der Waals surface area contributed by atoms with Gasteiger partial charge in [0, 0.05) is 32.4 Å². The Kier molecular flexibility index (Phi) is 4.46. The van der Waals surface area contributed by atoms with Gasteiger partial charge in [-0.2, -0.15) is 0 Å². The molecule has 0 aromatic carbocycles. The molecule has 0 bridgehead atoms. The van der Waals surface area contributed by atoms with Gasteiger partial charge in [0.2, 0.25) is 5.91 Å². The normalized spacial score (nSPS) is 20.7. The molecule has 0 spiro atoms. The molecule has 1 unspecified atom stereocenters. The van der Waals surface area contributed by atoms with Crippen LogP contribution in [0.25, 0.3) is 0 Å². The number of aromatic nitrogens is 1. The van der Waals surface area contributed by atoms with Crippen molar-refractivity contribution in [2.24, 2.45) is 0 Å². The van der Waals surface area contributed by atoms with Gasteiger partial charge in [-0.1, -0.05) is 6.07 Å². The average Bonchev–Trinajstić information content (AvgIpc) is 3.21. The van der Waals surface area contributed by atoms with Crippen LogP contribution in [0.4, 0.5) is 0 Å². The number of fused-ring (bicyclic) bond motifs is 1. The molecule has 0 saturated carbocycles. The molecule has 1 saturated heterocycles. The van der Waals surface area contributed by atoms with E-state index in [-0.39, 0.29) is 30.2 Å². The molecule has 2 amide bonds. The number of carbonyl (C=O) groups is 2. The van der Waals surface area contributed by atoms with Gasteiger partial charge < -0.3 is 19.3 Å². The molecule has 1 fully saturated rings. The van der Waals surface area contributed by atoms with E-state index in [0.717, 1.165) is 11.3 Å². The van der Waals surface area contributed by atoms with Crippen molar-refractivity contribution in [3.8, 4) is 0 Å². The Morgan fingerprint density at radius 3 is 2.69 bits per heavy atom. The average molecular weight is 355 g/mol. The summed E-state index contributed by atoms with van der Waals surface area (Å²) in [5.41, 5.74) is 1.63. The highest BCUT2D eigenvalue weighted by Gasteiger charge is 2.37. The minimum Gasteiger partial charge on any atom is -0.459 e. The van der Waals surface area contributed by atoms with E-state index < -0.39 is 5.92 Å². The lowest BCUT2D eigenvalue weighted by Gasteiger charge is -2.37. The van der Waals surface area contributed by atoms with Crippen LogP contribution in [0.1, 0.15) is 40.6 Å². The third kappa shape index (κ3) is 3.10. The molecule has 2 aromatic heterocycles. The Morgan fingerprint density at radius 2 is 1.96 bits per heavy atom. The smallest absolute Gasteiger partial charge is 0.289 e. The summed E-state index contributed by atoms with van der Waals surface area (Å²) in [6, 6.07) is 7.03. The first-order valence-electron chi connectivity index (χ1n) is 8.87. The third-order valence-electron chi connectivity index (χ3n) is 5.11. The number of aliphatic hydroxyl groups is 1. The monoisotopic (exact) mass is 355 g/mol. The topological polar surface area (TPSA) is 86.9 Å². The second-order valence-corrected chi connectivity index (χ2v) is 6.82. The van der Waals surface area contributed by atoms with Gasteiger partial charge in [0.1, 0.15) is 0 Å². The Hall–Kier alpha value is -2.67. The minimum atomic E-state index is -0.492. The molecule has 1 atom stereocenters. The standard InChI is InChI=1S/C19H21N3O4/c23-14-5-8-21(9-6-14)18(24)15-12-22(19(25)16-4-2-10-26-16)11-13-3-1-7-20-17(13)15/h1-4,7,10,14-15,23H,5-6,8-9,11-12H2. The maximum Gasteiger partial charge on any atom is 0.289 e. The Labute approximate surface area is 151 Å². The van der Waals surface area contributed by atoms with Crippen LogP contribution in [0.2, 0.25) is 0 Å². The van der Waals surface area contributed by atoms with Crippen molar-refractivity contribution in [2.75, 3.05) is 19.6 Å². The van der Waals surface area contributed by atoms with Crippen LogP contribution in [0, 0.1) is 0 Å². The molecule has 4 rings (SSSR count). The van der Waals surface area contributed by atoms with Crippen molar-refractivity contribution in [1.82, 2.24) is 14.8 Å². The fourth-order valence-corrected chi connectivity index (χ4v) is 3.69. The summed E-state index contributed by atoms with van der Waals surface area (Å²) in [4.78, 5) is 33.7. The molecule has 1 N–H and O–H groups in total. The number of aliphatic hydroxyl groups excluding tert-OH is 1. The van der Waals surface area contributed by atoms with Crippen molar-refractivity contribution >= 4 is 11.8 Å². The summed E-state index contributed by atoms with van der Waals surface area (Å²) in [7, 11) is 0. The number of piperidine rings is 1. The number of carbonyl (C=O) groups excluding carboxylic acids is 2. The predicted octanol–water partition coefficient (Wildman–Crippen LogP) is 1.40. The molecule has 0 radical (unpaired) electrons. The van der Waals surface area contributed by atoms with Crippen molar-refractivity contribution in [1.29, 1.82) is 0 Å². The Morgan fingerprint density at radius 1 is 1.15 bits per heavy atom. The third-order valence-corrected chi connectivity index (χ3v) is 5.11. The largest absolute Gasteiger partial charge is 0.459 e. The zero-order chi connectivity index (χ0) is 18.1. The molecule has 7 heteroatoms. The van der Waals surface area contributed by atoms with Crippen molar-refractivity contribution in [2.45, 2.75) is 31.4 Å². The predicted molar refractivity (Wildman–Crippen MR) is 92.2 cm³/mol. The van der Waals surface area contributed by atoms with Gasteiger partial charge in [0.05, 0.1) is 24.0 Å². The van der Waals surface area contributed by atoms with E-state index in [4.69, 9.17) is 4.42 Å². The first kappa shape index (κ1) is 16.8. The zero-order valence-electron chi connectivity index (χ0n) is 14.4. The van der Waals surface area contributed by atoms with Crippen LogP contribution in [0.15, 0.2) is 41.1 Å². The summed E-state index contributed by atoms with van der Waals surface area (Å²) in [5.74, 6) is -0.482. The molecule has 4 heterocycles. The van der Waals surface area contributed by atoms with Gasteiger partial charge in [-0.25, -0.2) is 0 Å². The molecule has 26 heavy (non-hydrogen) atoms. The molecular weight excluding hydrogens is 334 g/mol. The van der Waals surface area contributed by atoms with Crippen LogP contribution in [0.3, 0.4) is 0 Å². The highest BCUT2D eigenvalue weighted by Crippen LogP contribution is 2.30. The summed E-state index contributed by atoms with van der Waals surface area (Å²) >= 11 is 0. The van der Waals surface area contributed by atoms with E-state index in [1.165, 1.54) is 6.26 Å². The summed E-state index contributed by atoms with van der Waals surface area (Å²) in [6.45, 7) is 1.75. The van der Waals surface area contributed by atoms with E-state index in [2.05, 4.69) is 4.98 Å². The second-order valence-electron chi connectivity index (χ2n) is 6.82. The number of likely N-dealkylation sites (tertiary alicyclic amines) is 1. The maximum absolute atomic E-state index is 13.1. The molecule has 0 aliphatic carbocycles. The Balaban J connectivity index is 1.60. The van der Waals surface area contributed by atoms with Gasteiger partial charge >= 0.3 is 0 Å². The van der Waals surface area contributed by atoms with E-state index >= 15 is 0 Å². The van der Waals surface area contributed by atoms with Crippen LogP contribution in [-0.4, -0.2) is 57.4 Å².